The Morgan fingerprint density at radius 2 is 2.06 bits per heavy atom. The van der Waals surface area contributed by atoms with Crippen LogP contribution < -0.4 is 4.90 Å². The van der Waals surface area contributed by atoms with E-state index in [-0.39, 0.29) is 12.3 Å². The van der Waals surface area contributed by atoms with Crippen LogP contribution in [0.15, 0.2) is 24.3 Å². The van der Waals surface area contributed by atoms with Gasteiger partial charge in [-0.1, -0.05) is 18.2 Å². The van der Waals surface area contributed by atoms with Gasteiger partial charge in [0, 0.05) is 19.0 Å². The lowest BCUT2D eigenvalue weighted by molar-refractivity contribution is -0.138. The first kappa shape index (κ1) is 11.1. The molecule has 0 unspecified atom stereocenters. The summed E-state index contributed by atoms with van der Waals surface area (Å²) in [5.74, 6) is -0.380. The molecular formula is C12H15NO3. The Kier molecular flexibility index (Phi) is 2.48. The van der Waals surface area contributed by atoms with Crippen LogP contribution in [0, 0.1) is 0 Å². The average molecular weight is 221 g/mol. The summed E-state index contributed by atoms with van der Waals surface area (Å²) < 4.78 is 0. The van der Waals surface area contributed by atoms with Crippen molar-refractivity contribution >= 4 is 11.6 Å². The summed E-state index contributed by atoms with van der Waals surface area (Å²) in [7, 11) is 1.63. The number of para-hydroxylation sites is 1. The zero-order valence-electron chi connectivity index (χ0n) is 9.34. The molecule has 1 aliphatic rings. The van der Waals surface area contributed by atoms with E-state index in [2.05, 4.69) is 0 Å². The Balaban J connectivity index is 2.52. The van der Waals surface area contributed by atoms with Crippen LogP contribution in [0.3, 0.4) is 0 Å². The van der Waals surface area contributed by atoms with E-state index in [1.165, 1.54) is 4.90 Å². The highest BCUT2D eigenvalue weighted by Gasteiger charge is 2.48. The van der Waals surface area contributed by atoms with Crippen molar-refractivity contribution in [3.8, 4) is 0 Å². The predicted molar refractivity (Wildman–Crippen MR) is 60.0 cm³/mol. The maximum Gasteiger partial charge on any atom is 0.263 e. The topological polar surface area (TPSA) is 60.8 Å². The molecule has 0 saturated heterocycles. The Hall–Kier alpha value is -1.39. The maximum atomic E-state index is 12.0. The van der Waals surface area contributed by atoms with Crippen molar-refractivity contribution in [2.45, 2.75) is 25.0 Å². The SMILES string of the molecule is C[C@H](O)C[C@]1(O)C(=O)N(C)c2ccccc21. The molecule has 1 amide bonds. The second kappa shape index (κ2) is 3.57. The summed E-state index contributed by atoms with van der Waals surface area (Å²) in [6, 6.07) is 7.10. The number of likely N-dealkylation sites (N-methyl/N-ethyl adjacent to an activating group) is 1. The third-order valence-corrected chi connectivity index (χ3v) is 2.96. The van der Waals surface area contributed by atoms with Crippen LogP contribution in [0.5, 0.6) is 0 Å². The molecule has 2 atom stereocenters. The largest absolute Gasteiger partial charge is 0.393 e. The van der Waals surface area contributed by atoms with Gasteiger partial charge in [-0.15, -0.1) is 0 Å². The number of nitrogens with zero attached hydrogens (tertiary/aromatic N) is 1. The van der Waals surface area contributed by atoms with E-state index in [0.29, 0.717) is 11.3 Å². The Morgan fingerprint density at radius 1 is 1.44 bits per heavy atom. The zero-order valence-corrected chi connectivity index (χ0v) is 9.34. The van der Waals surface area contributed by atoms with Gasteiger partial charge in [-0.05, 0) is 13.0 Å². The van der Waals surface area contributed by atoms with Gasteiger partial charge >= 0.3 is 0 Å². The molecule has 4 nitrogen and oxygen atoms in total. The minimum absolute atomic E-state index is 0.0210. The molecule has 1 aliphatic heterocycles. The van der Waals surface area contributed by atoms with E-state index in [4.69, 9.17) is 0 Å². The molecule has 0 aromatic heterocycles. The van der Waals surface area contributed by atoms with Crippen molar-refractivity contribution in [3.63, 3.8) is 0 Å². The summed E-state index contributed by atoms with van der Waals surface area (Å²) in [6.45, 7) is 1.56. The molecule has 2 N–H and O–H groups in total. The fourth-order valence-electron chi connectivity index (χ4n) is 2.24. The molecule has 2 rings (SSSR count). The molecule has 0 spiro atoms. The normalized spacial score (nSPS) is 25.8. The van der Waals surface area contributed by atoms with Gasteiger partial charge < -0.3 is 15.1 Å². The number of amides is 1. The monoisotopic (exact) mass is 221 g/mol. The molecule has 0 saturated carbocycles. The van der Waals surface area contributed by atoms with Crippen LogP contribution in [0.4, 0.5) is 5.69 Å². The lowest BCUT2D eigenvalue weighted by atomic mass is 9.90. The van der Waals surface area contributed by atoms with E-state index in [9.17, 15) is 15.0 Å². The van der Waals surface area contributed by atoms with Crippen molar-refractivity contribution in [2.75, 3.05) is 11.9 Å². The number of hydrogen-bond donors (Lipinski definition) is 2. The molecule has 86 valence electrons. The molecule has 0 fully saturated rings. The summed E-state index contributed by atoms with van der Waals surface area (Å²) in [6.07, 6.45) is -0.707. The smallest absolute Gasteiger partial charge is 0.263 e. The highest BCUT2D eigenvalue weighted by Crippen LogP contribution is 2.41. The fourth-order valence-corrected chi connectivity index (χ4v) is 2.24. The van der Waals surface area contributed by atoms with Crippen LogP contribution in [0.1, 0.15) is 18.9 Å². The van der Waals surface area contributed by atoms with Crippen LogP contribution in [0.2, 0.25) is 0 Å². The van der Waals surface area contributed by atoms with Crippen molar-refractivity contribution in [2.24, 2.45) is 0 Å². The van der Waals surface area contributed by atoms with Gasteiger partial charge in [0.25, 0.3) is 5.91 Å². The lowest BCUT2D eigenvalue weighted by Crippen LogP contribution is -2.40. The first-order valence-corrected chi connectivity index (χ1v) is 5.25. The number of benzene rings is 1. The first-order valence-electron chi connectivity index (χ1n) is 5.25. The third-order valence-electron chi connectivity index (χ3n) is 2.96. The third kappa shape index (κ3) is 1.42. The molecule has 0 bridgehead atoms. The summed E-state index contributed by atoms with van der Waals surface area (Å²) in [5.41, 5.74) is -0.307. The van der Waals surface area contributed by atoms with Gasteiger partial charge in [-0.2, -0.15) is 0 Å². The highest BCUT2D eigenvalue weighted by atomic mass is 16.3. The first-order chi connectivity index (χ1) is 7.47. The van der Waals surface area contributed by atoms with Gasteiger partial charge in [-0.25, -0.2) is 0 Å². The Labute approximate surface area is 94.1 Å². The molecular weight excluding hydrogens is 206 g/mol. The number of aliphatic hydroxyl groups excluding tert-OH is 1. The number of carbonyl (C=O) groups is 1. The summed E-state index contributed by atoms with van der Waals surface area (Å²) >= 11 is 0. The number of aliphatic hydroxyl groups is 2. The number of carbonyl (C=O) groups excluding carboxylic acids is 1. The molecule has 4 heteroatoms. The molecule has 1 aromatic carbocycles. The number of hydrogen-bond acceptors (Lipinski definition) is 3. The molecule has 0 radical (unpaired) electrons. The summed E-state index contributed by atoms with van der Waals surface area (Å²) in [4.78, 5) is 13.4. The van der Waals surface area contributed by atoms with E-state index in [1.54, 1.807) is 32.2 Å². The van der Waals surface area contributed by atoms with E-state index >= 15 is 0 Å². The Bertz CT molecular complexity index is 430. The van der Waals surface area contributed by atoms with Gasteiger partial charge in [0.15, 0.2) is 5.60 Å². The van der Waals surface area contributed by atoms with E-state index in [0.717, 1.165) is 0 Å². The van der Waals surface area contributed by atoms with Crippen molar-refractivity contribution in [1.29, 1.82) is 0 Å². The van der Waals surface area contributed by atoms with Gasteiger partial charge in [-0.3, -0.25) is 4.79 Å². The second-order valence-corrected chi connectivity index (χ2v) is 4.29. The minimum atomic E-state index is -1.58. The van der Waals surface area contributed by atoms with Gasteiger partial charge in [0.2, 0.25) is 0 Å². The van der Waals surface area contributed by atoms with Crippen molar-refractivity contribution < 1.29 is 15.0 Å². The van der Waals surface area contributed by atoms with E-state index < -0.39 is 11.7 Å². The molecule has 1 aromatic rings. The van der Waals surface area contributed by atoms with Crippen LogP contribution in [-0.4, -0.2) is 29.3 Å². The minimum Gasteiger partial charge on any atom is -0.393 e. The summed E-state index contributed by atoms with van der Waals surface area (Å²) in [5, 5.41) is 19.8. The zero-order chi connectivity index (χ0) is 11.9. The fraction of sp³-hybridized carbons (Fsp3) is 0.417. The van der Waals surface area contributed by atoms with Crippen molar-refractivity contribution in [3.05, 3.63) is 29.8 Å². The number of anilines is 1. The predicted octanol–water partition coefficient (Wildman–Crippen LogP) is 0.621. The molecule has 16 heavy (non-hydrogen) atoms. The number of fused-ring (bicyclic) bond motifs is 1. The highest BCUT2D eigenvalue weighted by molar-refractivity contribution is 6.06. The second-order valence-electron chi connectivity index (χ2n) is 4.29. The van der Waals surface area contributed by atoms with Crippen LogP contribution >= 0.6 is 0 Å². The van der Waals surface area contributed by atoms with Crippen molar-refractivity contribution in [1.82, 2.24) is 0 Å². The number of rotatable bonds is 2. The maximum absolute atomic E-state index is 12.0. The quantitative estimate of drug-likeness (QED) is 0.769. The lowest BCUT2D eigenvalue weighted by Gasteiger charge is -2.23. The Morgan fingerprint density at radius 3 is 2.69 bits per heavy atom. The van der Waals surface area contributed by atoms with Gasteiger partial charge in [0.05, 0.1) is 11.8 Å². The van der Waals surface area contributed by atoms with Crippen LogP contribution in [0.25, 0.3) is 0 Å². The van der Waals surface area contributed by atoms with Crippen LogP contribution in [-0.2, 0) is 10.4 Å². The molecule has 0 aliphatic carbocycles. The van der Waals surface area contributed by atoms with Gasteiger partial charge in [0.1, 0.15) is 0 Å². The standard InChI is InChI=1S/C12H15NO3/c1-8(14)7-12(16)9-5-3-4-6-10(9)13(2)11(12)15/h3-6,8,14,16H,7H2,1-2H3/t8-,12+/m0/s1. The molecule has 1 heterocycles. The van der Waals surface area contributed by atoms with E-state index in [1.807, 2.05) is 6.07 Å². The average Bonchev–Trinajstić information content (AvgIpc) is 2.42.